The summed E-state index contributed by atoms with van der Waals surface area (Å²) >= 11 is 12.8. The molecule has 0 spiro atoms. The van der Waals surface area contributed by atoms with Crippen LogP contribution in [0.3, 0.4) is 0 Å². The van der Waals surface area contributed by atoms with Gasteiger partial charge in [-0.1, -0.05) is 41.4 Å². The van der Waals surface area contributed by atoms with E-state index in [-0.39, 0.29) is 11.3 Å². The maximum Gasteiger partial charge on any atom is 0.416 e. The summed E-state index contributed by atoms with van der Waals surface area (Å²) < 4.78 is 54.1. The van der Waals surface area contributed by atoms with E-state index in [2.05, 4.69) is 20.4 Å². The Hall–Kier alpha value is -3.51. The van der Waals surface area contributed by atoms with Crippen molar-refractivity contribution < 1.29 is 27.4 Å². The first-order valence-electron chi connectivity index (χ1n) is 17.0. The molecule has 3 heterocycles. The molecule has 1 atom stereocenters. The molecule has 6 rings (SSSR count). The van der Waals surface area contributed by atoms with Gasteiger partial charge in [0.25, 0.3) is 5.91 Å². The van der Waals surface area contributed by atoms with Crippen molar-refractivity contribution in [2.24, 2.45) is 0 Å². The molecule has 268 valence electrons. The van der Waals surface area contributed by atoms with E-state index in [1.165, 1.54) is 13.2 Å². The van der Waals surface area contributed by atoms with Gasteiger partial charge in [0, 0.05) is 56.9 Å². The van der Waals surface area contributed by atoms with Gasteiger partial charge in [0.2, 0.25) is 5.95 Å². The standard InChI is InChI=1S/C37H42Cl2F3N5O3/c1-3-50-20-19-47-33-8-5-4-7-32(33)43-35(47)45-14-6-13-44(17-18-45)15-11-36(27-9-10-30(38)31(39)24-27)12-16-46(25-36)34(48)26-21-28(37(40,41)42)23-29(22-26)49-2/h4-5,7-10,21-24H,3,6,11-20,25H2,1-2H3. The van der Waals surface area contributed by atoms with Gasteiger partial charge >= 0.3 is 6.18 Å². The number of carbonyl (C=O) groups is 1. The highest BCUT2D eigenvalue weighted by molar-refractivity contribution is 6.42. The van der Waals surface area contributed by atoms with E-state index in [1.54, 1.807) is 11.0 Å². The number of alkyl halides is 3. The highest BCUT2D eigenvalue weighted by Crippen LogP contribution is 2.41. The highest BCUT2D eigenvalue weighted by Gasteiger charge is 2.42. The topological polar surface area (TPSA) is 63.1 Å². The lowest BCUT2D eigenvalue weighted by molar-refractivity contribution is -0.137. The minimum atomic E-state index is -4.61. The summed E-state index contributed by atoms with van der Waals surface area (Å²) in [5, 5.41) is 0.862. The van der Waals surface area contributed by atoms with Gasteiger partial charge in [-0.15, -0.1) is 0 Å². The minimum absolute atomic E-state index is 0.0156. The van der Waals surface area contributed by atoms with Gasteiger partial charge in [-0.3, -0.25) is 4.79 Å². The zero-order valence-electron chi connectivity index (χ0n) is 28.3. The molecule has 3 aromatic carbocycles. The number of amides is 1. The van der Waals surface area contributed by atoms with E-state index in [0.717, 1.165) is 86.8 Å². The zero-order chi connectivity index (χ0) is 35.5. The van der Waals surface area contributed by atoms with Crippen molar-refractivity contribution in [3.63, 3.8) is 0 Å². The number of rotatable bonds is 11. The van der Waals surface area contributed by atoms with Crippen LogP contribution < -0.4 is 9.64 Å². The van der Waals surface area contributed by atoms with E-state index in [0.29, 0.717) is 42.8 Å². The van der Waals surface area contributed by atoms with Crippen LogP contribution in [-0.4, -0.2) is 91.4 Å². The van der Waals surface area contributed by atoms with Crippen LogP contribution in [0.25, 0.3) is 11.0 Å². The molecule has 0 N–H and O–H groups in total. The molecule has 1 amide bonds. The van der Waals surface area contributed by atoms with Crippen molar-refractivity contribution in [2.45, 2.75) is 44.3 Å². The predicted molar refractivity (Wildman–Crippen MR) is 191 cm³/mol. The number of benzene rings is 3. The summed E-state index contributed by atoms with van der Waals surface area (Å²) in [5.74, 6) is 0.475. The van der Waals surface area contributed by atoms with Crippen molar-refractivity contribution in [3.8, 4) is 5.75 Å². The molecule has 2 saturated heterocycles. The van der Waals surface area contributed by atoms with E-state index in [9.17, 15) is 18.0 Å². The molecule has 1 unspecified atom stereocenters. The summed E-state index contributed by atoms with van der Waals surface area (Å²) in [6, 6.07) is 16.9. The first-order valence-corrected chi connectivity index (χ1v) is 17.8. The van der Waals surface area contributed by atoms with Crippen LogP contribution in [0, 0.1) is 0 Å². The minimum Gasteiger partial charge on any atom is -0.497 e. The Morgan fingerprint density at radius 2 is 1.78 bits per heavy atom. The van der Waals surface area contributed by atoms with Gasteiger partial charge in [-0.2, -0.15) is 13.2 Å². The largest absolute Gasteiger partial charge is 0.497 e. The Balaban J connectivity index is 1.19. The second-order valence-electron chi connectivity index (χ2n) is 13.0. The van der Waals surface area contributed by atoms with E-state index in [1.807, 2.05) is 37.3 Å². The number of para-hydroxylation sites is 2. The highest BCUT2D eigenvalue weighted by atomic mass is 35.5. The van der Waals surface area contributed by atoms with Crippen LogP contribution in [0.15, 0.2) is 60.7 Å². The molecule has 50 heavy (non-hydrogen) atoms. The van der Waals surface area contributed by atoms with Crippen LogP contribution in [0.4, 0.5) is 19.1 Å². The van der Waals surface area contributed by atoms with Gasteiger partial charge in [-0.05, 0) is 87.3 Å². The van der Waals surface area contributed by atoms with E-state index >= 15 is 0 Å². The Labute approximate surface area is 300 Å². The fraction of sp³-hybridized carbons (Fsp3) is 0.459. The molecule has 13 heteroatoms. The Bertz CT molecular complexity index is 1820. The number of hydrogen-bond donors (Lipinski definition) is 0. The lowest BCUT2D eigenvalue weighted by atomic mass is 9.76. The zero-order valence-corrected chi connectivity index (χ0v) is 29.8. The quantitative estimate of drug-likeness (QED) is 0.147. The molecule has 0 aliphatic carbocycles. The number of anilines is 1. The molecule has 2 fully saturated rings. The third-order valence-electron chi connectivity index (χ3n) is 9.97. The average Bonchev–Trinajstić information content (AvgIpc) is 3.63. The molecular formula is C37H42Cl2F3N5O3. The Morgan fingerprint density at radius 1 is 0.960 bits per heavy atom. The Morgan fingerprint density at radius 3 is 2.54 bits per heavy atom. The summed E-state index contributed by atoms with van der Waals surface area (Å²) in [6.45, 7) is 8.91. The molecule has 0 radical (unpaired) electrons. The third kappa shape index (κ3) is 7.86. The number of methoxy groups -OCH3 is 1. The number of ether oxygens (including phenoxy) is 2. The SMILES string of the molecule is CCOCCn1c(N2CCCN(CCC3(c4ccc(Cl)c(Cl)c4)CCN(C(=O)c4cc(OC)cc(C(F)(F)F)c4)C3)CC2)nc2ccccc21. The first-order chi connectivity index (χ1) is 24.0. The molecule has 2 aliphatic rings. The number of carbonyl (C=O) groups excluding carboxylic acids is 1. The van der Waals surface area contributed by atoms with Crippen LogP contribution in [0.5, 0.6) is 5.75 Å². The summed E-state index contributed by atoms with van der Waals surface area (Å²) in [7, 11) is 1.29. The summed E-state index contributed by atoms with van der Waals surface area (Å²) in [5.41, 5.74) is 1.58. The van der Waals surface area contributed by atoms with Gasteiger partial charge in [0.05, 0.1) is 40.4 Å². The third-order valence-corrected chi connectivity index (χ3v) is 10.7. The summed E-state index contributed by atoms with van der Waals surface area (Å²) in [6.07, 6.45) is -2.29. The van der Waals surface area contributed by atoms with E-state index < -0.39 is 23.1 Å². The van der Waals surface area contributed by atoms with Crippen molar-refractivity contribution in [2.75, 3.05) is 71.0 Å². The van der Waals surface area contributed by atoms with Crippen molar-refractivity contribution >= 4 is 46.1 Å². The second kappa shape index (κ2) is 15.4. The number of halogens is 5. The molecule has 1 aromatic heterocycles. The number of fused-ring (bicyclic) bond motifs is 1. The van der Waals surface area contributed by atoms with Crippen LogP contribution in [-0.2, 0) is 22.9 Å². The predicted octanol–water partition coefficient (Wildman–Crippen LogP) is 7.79. The van der Waals surface area contributed by atoms with Crippen LogP contribution >= 0.6 is 23.2 Å². The monoisotopic (exact) mass is 731 g/mol. The van der Waals surface area contributed by atoms with Gasteiger partial charge in [0.15, 0.2) is 0 Å². The number of likely N-dealkylation sites (tertiary alicyclic amines) is 1. The van der Waals surface area contributed by atoms with Gasteiger partial charge in [-0.25, -0.2) is 4.98 Å². The van der Waals surface area contributed by atoms with Gasteiger partial charge in [0.1, 0.15) is 5.75 Å². The number of nitrogens with zero attached hydrogens (tertiary/aromatic N) is 5. The maximum atomic E-state index is 13.8. The number of hydrogen-bond acceptors (Lipinski definition) is 6. The van der Waals surface area contributed by atoms with Crippen molar-refractivity contribution in [1.82, 2.24) is 19.4 Å². The first kappa shape index (κ1) is 36.3. The van der Waals surface area contributed by atoms with Crippen molar-refractivity contribution in [1.29, 1.82) is 0 Å². The van der Waals surface area contributed by atoms with Crippen molar-refractivity contribution in [3.05, 3.63) is 87.4 Å². The number of imidazole rings is 1. The fourth-order valence-electron chi connectivity index (χ4n) is 7.23. The lowest BCUT2D eigenvalue weighted by Gasteiger charge is -2.33. The van der Waals surface area contributed by atoms with Gasteiger partial charge < -0.3 is 28.7 Å². The normalized spacial score (nSPS) is 18.9. The van der Waals surface area contributed by atoms with E-state index in [4.69, 9.17) is 37.7 Å². The smallest absolute Gasteiger partial charge is 0.416 e. The second-order valence-corrected chi connectivity index (χ2v) is 13.8. The number of aromatic nitrogens is 2. The molecule has 4 aromatic rings. The lowest BCUT2D eigenvalue weighted by Crippen LogP contribution is -2.39. The summed E-state index contributed by atoms with van der Waals surface area (Å²) in [4.78, 5) is 25.2. The molecule has 2 aliphatic heterocycles. The molecule has 0 bridgehead atoms. The van der Waals surface area contributed by atoms with Crippen LogP contribution in [0.1, 0.15) is 47.7 Å². The Kier molecular flexibility index (Phi) is 11.2. The maximum absolute atomic E-state index is 13.8. The average molecular weight is 733 g/mol. The molecular weight excluding hydrogens is 690 g/mol. The van der Waals surface area contributed by atoms with Crippen LogP contribution in [0.2, 0.25) is 10.0 Å². The fourth-order valence-corrected chi connectivity index (χ4v) is 7.53. The molecule has 8 nitrogen and oxygen atoms in total. The molecule has 0 saturated carbocycles.